The molecule has 1 unspecified atom stereocenters. The van der Waals surface area contributed by atoms with Crippen LogP contribution in [-0.4, -0.2) is 26.1 Å². The number of hydrogen-bond acceptors (Lipinski definition) is 4. The van der Waals surface area contributed by atoms with Gasteiger partial charge in [0.2, 0.25) is 5.91 Å². The Morgan fingerprint density at radius 1 is 1.44 bits per heavy atom. The maximum atomic E-state index is 11.2. The van der Waals surface area contributed by atoms with Crippen LogP contribution in [0.1, 0.15) is 15.9 Å². The molecule has 1 heterocycles. The maximum absolute atomic E-state index is 11.2. The molecule has 96 valence electrons. The molecule has 1 aromatic rings. The molecule has 0 fully saturated rings. The van der Waals surface area contributed by atoms with Gasteiger partial charge in [-0.2, -0.15) is 0 Å². The van der Waals surface area contributed by atoms with E-state index in [0.29, 0.717) is 12.1 Å². The minimum absolute atomic E-state index is 0.0858. The Labute approximate surface area is 106 Å². The van der Waals surface area contributed by atoms with Gasteiger partial charge in [-0.1, -0.05) is 18.2 Å². The van der Waals surface area contributed by atoms with Gasteiger partial charge in [0.15, 0.2) is 9.84 Å². The second kappa shape index (κ2) is 4.91. The summed E-state index contributed by atoms with van der Waals surface area (Å²) in [6.07, 6.45) is 1.63. The fourth-order valence-electron chi connectivity index (χ4n) is 1.79. The summed E-state index contributed by atoms with van der Waals surface area (Å²) in [5.74, 6) is -0.386. The van der Waals surface area contributed by atoms with Gasteiger partial charge in [0.1, 0.15) is 0 Å². The van der Waals surface area contributed by atoms with Gasteiger partial charge in [-0.05, 0) is 17.7 Å². The van der Waals surface area contributed by atoms with Crippen LogP contribution < -0.4 is 11.1 Å². The number of primary amides is 1. The first kappa shape index (κ1) is 12.8. The normalized spacial score (nSPS) is 21.0. The summed E-state index contributed by atoms with van der Waals surface area (Å²) in [6, 6.07) is 6.77. The molecule has 1 amide bonds. The molecule has 0 aliphatic carbocycles. The molecule has 0 spiro atoms. The Morgan fingerprint density at radius 3 is 2.83 bits per heavy atom. The van der Waals surface area contributed by atoms with Crippen LogP contribution in [0.15, 0.2) is 35.7 Å². The van der Waals surface area contributed by atoms with Crippen molar-refractivity contribution in [3.63, 3.8) is 0 Å². The third-order valence-electron chi connectivity index (χ3n) is 2.71. The Balaban J connectivity index is 1.97. The highest BCUT2D eigenvalue weighted by Crippen LogP contribution is 2.10. The minimum atomic E-state index is -3.04. The third kappa shape index (κ3) is 3.18. The first-order valence-corrected chi connectivity index (χ1v) is 7.21. The van der Waals surface area contributed by atoms with E-state index in [0.717, 1.165) is 5.56 Å². The predicted molar refractivity (Wildman–Crippen MR) is 68.5 cm³/mol. The van der Waals surface area contributed by atoms with E-state index in [1.54, 1.807) is 24.3 Å². The predicted octanol–water partition coefficient (Wildman–Crippen LogP) is 0.186. The highest BCUT2D eigenvalue weighted by molar-refractivity contribution is 7.94. The summed E-state index contributed by atoms with van der Waals surface area (Å²) in [7, 11) is -3.04. The molecular weight excluding hydrogens is 252 g/mol. The number of benzene rings is 1. The Kier molecular flexibility index (Phi) is 3.49. The van der Waals surface area contributed by atoms with E-state index in [1.165, 1.54) is 5.41 Å². The molecule has 0 saturated carbocycles. The van der Waals surface area contributed by atoms with Gasteiger partial charge in [-0.25, -0.2) is 8.42 Å². The number of sulfone groups is 1. The lowest BCUT2D eigenvalue weighted by atomic mass is 10.1. The quantitative estimate of drug-likeness (QED) is 0.814. The molecule has 1 aliphatic rings. The molecule has 18 heavy (non-hydrogen) atoms. The van der Waals surface area contributed by atoms with Crippen LogP contribution in [0.3, 0.4) is 0 Å². The molecule has 0 saturated heterocycles. The Morgan fingerprint density at radius 2 is 2.22 bits per heavy atom. The van der Waals surface area contributed by atoms with Crippen LogP contribution in [-0.2, 0) is 16.4 Å². The van der Waals surface area contributed by atoms with Crippen molar-refractivity contribution in [1.82, 2.24) is 5.32 Å². The van der Waals surface area contributed by atoms with Crippen molar-refractivity contribution < 1.29 is 13.2 Å². The molecule has 0 bridgehead atoms. The zero-order valence-electron chi connectivity index (χ0n) is 9.67. The van der Waals surface area contributed by atoms with Crippen LogP contribution in [0, 0.1) is 0 Å². The van der Waals surface area contributed by atoms with Crippen LogP contribution >= 0.6 is 0 Å². The van der Waals surface area contributed by atoms with Gasteiger partial charge in [0.05, 0.1) is 5.75 Å². The molecule has 1 aromatic carbocycles. The van der Waals surface area contributed by atoms with E-state index in [4.69, 9.17) is 5.73 Å². The zero-order chi connectivity index (χ0) is 13.2. The van der Waals surface area contributed by atoms with Gasteiger partial charge >= 0.3 is 0 Å². The van der Waals surface area contributed by atoms with Crippen LogP contribution in [0.25, 0.3) is 0 Å². The standard InChI is InChI=1S/C12H14N2O3S/c13-12(15)10-3-1-2-9(6-10)7-14-11-4-5-18(16,17)8-11/h1-6,11,14H,7-8H2,(H2,13,15). The number of hydrogen-bond donors (Lipinski definition) is 2. The second-order valence-electron chi connectivity index (χ2n) is 4.21. The first-order chi connectivity index (χ1) is 8.46. The fraction of sp³-hybridized carbons (Fsp3) is 0.250. The number of amides is 1. The summed E-state index contributed by atoms with van der Waals surface area (Å²) in [5.41, 5.74) is 6.53. The lowest BCUT2D eigenvalue weighted by Crippen LogP contribution is -2.29. The van der Waals surface area contributed by atoms with Crippen molar-refractivity contribution >= 4 is 15.7 Å². The number of carbonyl (C=O) groups excluding carboxylic acids is 1. The van der Waals surface area contributed by atoms with E-state index in [-0.39, 0.29) is 11.8 Å². The summed E-state index contributed by atoms with van der Waals surface area (Å²) >= 11 is 0. The van der Waals surface area contributed by atoms with Gasteiger partial charge in [0, 0.05) is 23.6 Å². The molecular formula is C12H14N2O3S. The van der Waals surface area contributed by atoms with Crippen molar-refractivity contribution in [2.24, 2.45) is 5.73 Å². The SMILES string of the molecule is NC(=O)c1cccc(CNC2C=CS(=O)(=O)C2)c1. The molecule has 0 aromatic heterocycles. The van der Waals surface area contributed by atoms with Crippen LogP contribution in [0.2, 0.25) is 0 Å². The topological polar surface area (TPSA) is 89.3 Å². The van der Waals surface area contributed by atoms with Crippen LogP contribution in [0.5, 0.6) is 0 Å². The summed E-state index contributed by atoms with van der Waals surface area (Å²) < 4.78 is 22.4. The van der Waals surface area contributed by atoms with E-state index >= 15 is 0 Å². The molecule has 3 N–H and O–H groups in total. The average molecular weight is 266 g/mol. The highest BCUT2D eigenvalue weighted by atomic mass is 32.2. The highest BCUT2D eigenvalue weighted by Gasteiger charge is 2.20. The summed E-state index contributed by atoms with van der Waals surface area (Å²) in [6.45, 7) is 0.492. The monoisotopic (exact) mass is 266 g/mol. The minimum Gasteiger partial charge on any atom is -0.366 e. The lowest BCUT2D eigenvalue weighted by molar-refractivity contribution is 0.1000. The second-order valence-corrected chi connectivity index (χ2v) is 6.14. The number of rotatable bonds is 4. The van der Waals surface area contributed by atoms with Gasteiger partial charge in [-0.3, -0.25) is 4.79 Å². The van der Waals surface area contributed by atoms with Crippen molar-refractivity contribution in [3.05, 3.63) is 46.9 Å². The maximum Gasteiger partial charge on any atom is 0.248 e. The molecule has 0 radical (unpaired) electrons. The largest absolute Gasteiger partial charge is 0.366 e. The molecule has 6 heteroatoms. The van der Waals surface area contributed by atoms with E-state index in [1.807, 2.05) is 6.07 Å². The smallest absolute Gasteiger partial charge is 0.248 e. The van der Waals surface area contributed by atoms with Gasteiger partial charge in [-0.15, -0.1) is 0 Å². The summed E-state index contributed by atoms with van der Waals surface area (Å²) in [4.78, 5) is 11.0. The third-order valence-corrected chi connectivity index (χ3v) is 4.11. The van der Waals surface area contributed by atoms with Crippen molar-refractivity contribution in [3.8, 4) is 0 Å². The van der Waals surface area contributed by atoms with Gasteiger partial charge in [0.25, 0.3) is 0 Å². The van der Waals surface area contributed by atoms with Gasteiger partial charge < -0.3 is 11.1 Å². The van der Waals surface area contributed by atoms with E-state index in [2.05, 4.69) is 5.32 Å². The fourth-order valence-corrected chi connectivity index (χ4v) is 3.06. The molecule has 2 rings (SSSR count). The Hall–Kier alpha value is -1.66. The summed E-state index contributed by atoms with van der Waals surface area (Å²) in [5, 5.41) is 4.33. The number of carbonyl (C=O) groups is 1. The molecule has 5 nitrogen and oxygen atoms in total. The Bertz CT molecular complexity index is 593. The average Bonchev–Trinajstić information content (AvgIpc) is 2.67. The van der Waals surface area contributed by atoms with Crippen molar-refractivity contribution in [2.75, 3.05) is 5.75 Å². The zero-order valence-corrected chi connectivity index (χ0v) is 10.5. The number of nitrogens with two attached hydrogens (primary N) is 1. The van der Waals surface area contributed by atoms with Crippen molar-refractivity contribution in [2.45, 2.75) is 12.6 Å². The lowest BCUT2D eigenvalue weighted by Gasteiger charge is -2.10. The van der Waals surface area contributed by atoms with E-state index in [9.17, 15) is 13.2 Å². The number of nitrogens with one attached hydrogen (secondary N) is 1. The first-order valence-electron chi connectivity index (χ1n) is 5.49. The molecule has 1 atom stereocenters. The van der Waals surface area contributed by atoms with Crippen molar-refractivity contribution in [1.29, 1.82) is 0 Å². The van der Waals surface area contributed by atoms with Crippen LogP contribution in [0.4, 0.5) is 0 Å². The van der Waals surface area contributed by atoms with E-state index < -0.39 is 15.7 Å². The molecule has 1 aliphatic heterocycles.